The van der Waals surface area contributed by atoms with Gasteiger partial charge in [0.15, 0.2) is 5.75 Å². The van der Waals surface area contributed by atoms with Crippen LogP contribution in [0.25, 0.3) is 0 Å². The van der Waals surface area contributed by atoms with Gasteiger partial charge in [0.1, 0.15) is 0 Å². The van der Waals surface area contributed by atoms with Crippen LogP contribution in [0.2, 0.25) is 0 Å². The van der Waals surface area contributed by atoms with Gasteiger partial charge in [-0.3, -0.25) is 0 Å². The van der Waals surface area contributed by atoms with Gasteiger partial charge in [0.05, 0.1) is 6.10 Å². The summed E-state index contributed by atoms with van der Waals surface area (Å²) in [5.74, 6) is 0.285. The van der Waals surface area contributed by atoms with Crippen molar-refractivity contribution in [3.63, 3.8) is 0 Å². The summed E-state index contributed by atoms with van der Waals surface area (Å²) < 4.78 is 15.2. The first-order chi connectivity index (χ1) is 12.0. The Bertz CT molecular complexity index is 600. The van der Waals surface area contributed by atoms with Crippen molar-refractivity contribution in [3.05, 3.63) is 29.3 Å². The van der Waals surface area contributed by atoms with Gasteiger partial charge >= 0.3 is 37.4 Å². The zero-order valence-electron chi connectivity index (χ0n) is 16.3. The van der Waals surface area contributed by atoms with E-state index in [1.54, 1.807) is 13.0 Å². The van der Waals surface area contributed by atoms with E-state index in [-0.39, 0.29) is 40.7 Å². The van der Waals surface area contributed by atoms with Gasteiger partial charge in [0.2, 0.25) is 0 Å². The maximum atomic E-state index is 11.0. The molecule has 8 heteroatoms. The monoisotopic (exact) mass is 412 g/mol. The summed E-state index contributed by atoms with van der Waals surface area (Å²) >= 11 is 0. The summed E-state index contributed by atoms with van der Waals surface area (Å²) in [6.45, 7) is 8.18. The first-order valence-electron chi connectivity index (χ1n) is 9.28. The summed E-state index contributed by atoms with van der Waals surface area (Å²) in [6.07, 6.45) is 6.31. The zero-order chi connectivity index (χ0) is 19.8. The fraction of sp³-hybridized carbons (Fsp3) is 0.684. The molecule has 0 spiro atoms. The van der Waals surface area contributed by atoms with Crippen molar-refractivity contribution in [2.75, 3.05) is 0 Å². The van der Waals surface area contributed by atoms with E-state index in [0.29, 0.717) is 12.8 Å². The van der Waals surface area contributed by atoms with Crippen molar-refractivity contribution in [1.82, 2.24) is 0 Å². The standard InChI is InChI=1S/C19H33O6P.Na.H/c1-5-6-7-8-13-19(3,4)17-12-11-16(10-9-15(2)20)18(14-17)24-25-26(21,22)23;;/h11-12,14-15,20H,5-10,13H2,1-4H3,(H2,21,22,23);;. The summed E-state index contributed by atoms with van der Waals surface area (Å²) in [4.78, 5) is 22.8. The second kappa shape index (κ2) is 12.6. The summed E-state index contributed by atoms with van der Waals surface area (Å²) in [5, 5.41) is 9.49. The van der Waals surface area contributed by atoms with E-state index >= 15 is 0 Å². The predicted molar refractivity (Wildman–Crippen MR) is 109 cm³/mol. The molecule has 6 nitrogen and oxygen atoms in total. The molecule has 1 aromatic rings. The Kier molecular flexibility index (Phi) is 12.7. The molecule has 152 valence electrons. The van der Waals surface area contributed by atoms with Crippen LogP contribution in [-0.2, 0) is 21.1 Å². The van der Waals surface area contributed by atoms with E-state index in [0.717, 1.165) is 24.0 Å². The third-order valence-corrected chi connectivity index (χ3v) is 4.83. The van der Waals surface area contributed by atoms with Gasteiger partial charge in [-0.15, -0.1) is 0 Å². The van der Waals surface area contributed by atoms with E-state index < -0.39 is 13.9 Å². The number of phosphoric acid groups is 1. The van der Waals surface area contributed by atoms with Crippen LogP contribution in [-0.4, -0.2) is 50.6 Å². The zero-order valence-corrected chi connectivity index (χ0v) is 17.2. The van der Waals surface area contributed by atoms with E-state index in [4.69, 9.17) is 14.7 Å². The van der Waals surface area contributed by atoms with Crippen LogP contribution in [0, 0.1) is 0 Å². The SMILES string of the molecule is CCCCCCC(C)(C)c1ccc(CCC(C)O)c(OOP(=O)(O)O)c1.[NaH]. The fourth-order valence-corrected chi connectivity index (χ4v) is 3.03. The van der Waals surface area contributed by atoms with Crippen LogP contribution < -0.4 is 4.89 Å². The Labute approximate surface area is 185 Å². The second-order valence-corrected chi connectivity index (χ2v) is 8.68. The van der Waals surface area contributed by atoms with Gasteiger partial charge in [-0.05, 0) is 48.8 Å². The fourth-order valence-electron chi connectivity index (χ4n) is 2.85. The summed E-state index contributed by atoms with van der Waals surface area (Å²) in [7, 11) is -4.74. The third kappa shape index (κ3) is 11.0. The molecule has 0 aliphatic carbocycles. The van der Waals surface area contributed by atoms with Crippen molar-refractivity contribution in [1.29, 1.82) is 0 Å². The molecule has 1 atom stereocenters. The van der Waals surface area contributed by atoms with Crippen molar-refractivity contribution in [2.24, 2.45) is 0 Å². The van der Waals surface area contributed by atoms with Gasteiger partial charge in [0, 0.05) is 0 Å². The predicted octanol–water partition coefficient (Wildman–Crippen LogP) is 4.00. The second-order valence-electron chi connectivity index (χ2n) is 7.55. The Morgan fingerprint density at radius 1 is 1.19 bits per heavy atom. The number of benzene rings is 1. The number of aryl methyl sites for hydroxylation is 1. The number of rotatable bonds is 12. The minimum absolute atomic E-state index is 0. The van der Waals surface area contributed by atoms with Crippen LogP contribution in [0.3, 0.4) is 0 Å². The van der Waals surface area contributed by atoms with Gasteiger partial charge in [-0.25, -0.2) is 4.57 Å². The topological polar surface area (TPSA) is 96.2 Å². The molecule has 0 saturated heterocycles. The number of aliphatic hydroxyl groups is 1. The van der Waals surface area contributed by atoms with Crippen LogP contribution in [0.4, 0.5) is 0 Å². The Balaban J connectivity index is 0.00000676. The molecule has 0 aliphatic rings. The van der Waals surface area contributed by atoms with Crippen molar-refractivity contribution < 1.29 is 29.0 Å². The van der Waals surface area contributed by atoms with Gasteiger partial charge in [0.25, 0.3) is 0 Å². The Morgan fingerprint density at radius 3 is 2.41 bits per heavy atom. The number of hydrogen-bond acceptors (Lipinski definition) is 4. The normalized spacial score (nSPS) is 13.1. The first kappa shape index (κ1) is 27.1. The number of aliphatic hydroxyl groups excluding tert-OH is 1. The third-order valence-electron chi connectivity index (χ3n) is 4.56. The van der Waals surface area contributed by atoms with E-state index in [9.17, 15) is 9.67 Å². The van der Waals surface area contributed by atoms with Crippen molar-refractivity contribution in [3.8, 4) is 5.75 Å². The minimum atomic E-state index is -4.74. The average Bonchev–Trinajstić information content (AvgIpc) is 2.54. The molecule has 27 heavy (non-hydrogen) atoms. The number of hydrogen-bond donors (Lipinski definition) is 3. The molecular formula is C19H34NaO6P. The van der Waals surface area contributed by atoms with Crippen LogP contribution in [0.5, 0.6) is 5.75 Å². The van der Waals surface area contributed by atoms with Gasteiger partial charge in [-0.1, -0.05) is 63.3 Å². The molecular weight excluding hydrogens is 378 g/mol. The molecule has 0 saturated carbocycles. The summed E-state index contributed by atoms with van der Waals surface area (Å²) in [6, 6.07) is 5.68. The van der Waals surface area contributed by atoms with Crippen LogP contribution in [0.15, 0.2) is 18.2 Å². The quantitative estimate of drug-likeness (QED) is 0.158. The molecule has 1 unspecified atom stereocenters. The van der Waals surface area contributed by atoms with Crippen molar-refractivity contribution >= 4 is 37.4 Å². The molecule has 1 aromatic carbocycles. The van der Waals surface area contributed by atoms with Gasteiger partial charge < -0.3 is 19.8 Å². The molecule has 0 heterocycles. The molecule has 0 fully saturated rings. The van der Waals surface area contributed by atoms with Crippen LogP contribution in [0.1, 0.15) is 77.3 Å². The molecule has 0 amide bonds. The van der Waals surface area contributed by atoms with Crippen LogP contribution >= 0.6 is 7.82 Å². The number of unbranched alkanes of at least 4 members (excludes halogenated alkanes) is 3. The van der Waals surface area contributed by atoms with E-state index in [1.807, 2.05) is 12.1 Å². The molecule has 3 N–H and O–H groups in total. The van der Waals surface area contributed by atoms with Crippen molar-refractivity contribution in [2.45, 2.75) is 84.2 Å². The molecule has 0 aromatic heterocycles. The molecule has 0 bridgehead atoms. The molecule has 0 radical (unpaired) electrons. The Morgan fingerprint density at radius 2 is 1.85 bits per heavy atom. The van der Waals surface area contributed by atoms with E-state index in [2.05, 4.69) is 25.4 Å². The average molecular weight is 412 g/mol. The molecule has 0 aliphatic heterocycles. The van der Waals surface area contributed by atoms with E-state index in [1.165, 1.54) is 19.3 Å². The summed E-state index contributed by atoms with van der Waals surface area (Å²) in [5.41, 5.74) is 1.68. The Hall–Kier alpha value is 0.0900. The first-order valence-corrected chi connectivity index (χ1v) is 10.8. The molecule has 1 rings (SSSR count). The van der Waals surface area contributed by atoms with Gasteiger partial charge in [-0.2, -0.15) is 0 Å². The maximum absolute atomic E-state index is 11.0.